The minimum Gasteiger partial charge on any atom is -0.495 e. The highest BCUT2D eigenvalue weighted by Crippen LogP contribution is 2.26. The molecular weight excluding hydrogens is 389 g/mol. The second kappa shape index (κ2) is 8.97. The average Bonchev–Trinajstić information content (AvgIpc) is 2.56. The van der Waals surface area contributed by atoms with Gasteiger partial charge in [-0.25, -0.2) is 13.1 Å². The molecule has 1 N–H and O–H groups in total. The van der Waals surface area contributed by atoms with Gasteiger partial charge in [0.1, 0.15) is 5.75 Å². The number of ether oxygens (including phenoxy) is 1. The normalized spacial score (nSPS) is 11.5. The summed E-state index contributed by atoms with van der Waals surface area (Å²) < 4.78 is 32.0. The van der Waals surface area contributed by atoms with E-state index in [2.05, 4.69) is 4.72 Å². The van der Waals surface area contributed by atoms with Crippen LogP contribution >= 0.6 is 35.0 Å². The quantitative estimate of drug-likeness (QED) is 0.668. The standard InChI is InChI=1S/C16H17Cl2NO3S2/c1-22-16-7-6-14(10-15(16)18)24(20,21)19-8-9-23-11-12-2-4-13(17)5-3-12/h2-7,10,19H,8-9,11H2,1H3. The van der Waals surface area contributed by atoms with Gasteiger partial charge in [0.25, 0.3) is 0 Å². The van der Waals surface area contributed by atoms with Crippen molar-refractivity contribution < 1.29 is 13.2 Å². The Morgan fingerprint density at radius 2 is 1.83 bits per heavy atom. The van der Waals surface area contributed by atoms with E-state index in [1.165, 1.54) is 25.3 Å². The molecule has 0 unspecified atom stereocenters. The summed E-state index contributed by atoms with van der Waals surface area (Å²) in [5.41, 5.74) is 1.15. The van der Waals surface area contributed by atoms with E-state index in [1.54, 1.807) is 11.8 Å². The second-order valence-electron chi connectivity index (χ2n) is 4.87. The summed E-state index contributed by atoms with van der Waals surface area (Å²) in [6, 6.07) is 12.0. The average molecular weight is 406 g/mol. The molecule has 0 amide bonds. The molecular formula is C16H17Cl2NO3S2. The maximum Gasteiger partial charge on any atom is 0.240 e. The molecule has 2 aromatic carbocycles. The highest BCUT2D eigenvalue weighted by atomic mass is 35.5. The maximum atomic E-state index is 12.2. The first-order valence-corrected chi connectivity index (χ1v) is 10.5. The van der Waals surface area contributed by atoms with Crippen LogP contribution in [-0.4, -0.2) is 27.8 Å². The summed E-state index contributed by atoms with van der Waals surface area (Å²) in [6.07, 6.45) is 0. The predicted octanol–water partition coefficient (Wildman–Crippen LogP) is 4.21. The number of hydrogen-bond donors (Lipinski definition) is 1. The largest absolute Gasteiger partial charge is 0.495 e. The van der Waals surface area contributed by atoms with Crippen molar-refractivity contribution >= 4 is 45.0 Å². The topological polar surface area (TPSA) is 55.4 Å². The van der Waals surface area contributed by atoms with Crippen LogP contribution in [0.15, 0.2) is 47.4 Å². The summed E-state index contributed by atoms with van der Waals surface area (Å²) >= 11 is 13.4. The molecule has 130 valence electrons. The zero-order valence-corrected chi connectivity index (χ0v) is 16.1. The summed E-state index contributed by atoms with van der Waals surface area (Å²) in [7, 11) is -2.10. The molecule has 2 aromatic rings. The van der Waals surface area contributed by atoms with Gasteiger partial charge in [-0.05, 0) is 35.9 Å². The van der Waals surface area contributed by atoms with E-state index in [-0.39, 0.29) is 9.92 Å². The smallest absolute Gasteiger partial charge is 0.240 e. The summed E-state index contributed by atoms with van der Waals surface area (Å²) in [5, 5.41) is 0.965. The SMILES string of the molecule is COc1ccc(S(=O)(=O)NCCSCc2ccc(Cl)cc2)cc1Cl. The summed E-state index contributed by atoms with van der Waals surface area (Å²) in [6.45, 7) is 0.338. The number of thioether (sulfide) groups is 1. The van der Waals surface area contributed by atoms with Gasteiger partial charge in [0.15, 0.2) is 0 Å². The number of rotatable bonds is 8. The van der Waals surface area contributed by atoms with Crippen molar-refractivity contribution in [3.63, 3.8) is 0 Å². The van der Waals surface area contributed by atoms with Crippen molar-refractivity contribution in [2.75, 3.05) is 19.4 Å². The molecule has 0 spiro atoms. The third kappa shape index (κ3) is 5.57. The van der Waals surface area contributed by atoms with Crippen LogP contribution in [0.5, 0.6) is 5.75 Å². The van der Waals surface area contributed by atoms with Crippen LogP contribution in [0.4, 0.5) is 0 Å². The zero-order chi connectivity index (χ0) is 17.6. The van der Waals surface area contributed by atoms with Gasteiger partial charge in [-0.15, -0.1) is 0 Å². The Balaban J connectivity index is 1.82. The Morgan fingerprint density at radius 3 is 2.46 bits per heavy atom. The monoisotopic (exact) mass is 405 g/mol. The van der Waals surface area contributed by atoms with E-state index in [0.717, 1.165) is 11.3 Å². The van der Waals surface area contributed by atoms with Crippen molar-refractivity contribution in [1.82, 2.24) is 4.72 Å². The fraction of sp³-hybridized carbons (Fsp3) is 0.250. The van der Waals surface area contributed by atoms with E-state index in [9.17, 15) is 8.42 Å². The van der Waals surface area contributed by atoms with Gasteiger partial charge in [0, 0.05) is 23.1 Å². The zero-order valence-electron chi connectivity index (χ0n) is 13.0. The molecule has 4 nitrogen and oxygen atoms in total. The number of hydrogen-bond acceptors (Lipinski definition) is 4. The maximum absolute atomic E-state index is 12.2. The molecule has 24 heavy (non-hydrogen) atoms. The van der Waals surface area contributed by atoms with Crippen molar-refractivity contribution in [3.8, 4) is 5.75 Å². The minimum absolute atomic E-state index is 0.121. The third-order valence-corrected chi connectivity index (χ3v) is 6.19. The van der Waals surface area contributed by atoms with Gasteiger partial charge < -0.3 is 4.74 Å². The molecule has 0 aliphatic heterocycles. The Morgan fingerprint density at radius 1 is 1.12 bits per heavy atom. The molecule has 0 radical (unpaired) electrons. The molecule has 0 aromatic heterocycles. The number of halogens is 2. The Bertz CT molecular complexity index is 780. The highest BCUT2D eigenvalue weighted by molar-refractivity contribution is 7.98. The van der Waals surface area contributed by atoms with Crippen LogP contribution in [0.2, 0.25) is 10.0 Å². The van der Waals surface area contributed by atoms with E-state index in [1.807, 2.05) is 24.3 Å². The Labute approximate surface area is 156 Å². The minimum atomic E-state index is -3.58. The van der Waals surface area contributed by atoms with Crippen LogP contribution in [0.25, 0.3) is 0 Å². The Hall–Kier alpha value is -0.920. The predicted molar refractivity (Wildman–Crippen MR) is 101 cm³/mol. The number of nitrogens with one attached hydrogen (secondary N) is 1. The second-order valence-corrected chi connectivity index (χ2v) is 8.59. The first-order valence-electron chi connectivity index (χ1n) is 7.08. The fourth-order valence-electron chi connectivity index (χ4n) is 1.92. The van der Waals surface area contributed by atoms with E-state index >= 15 is 0 Å². The molecule has 0 aliphatic rings. The van der Waals surface area contributed by atoms with Gasteiger partial charge in [0.05, 0.1) is 17.0 Å². The van der Waals surface area contributed by atoms with Crippen LogP contribution in [0, 0.1) is 0 Å². The van der Waals surface area contributed by atoms with Gasteiger partial charge >= 0.3 is 0 Å². The molecule has 0 saturated heterocycles. The van der Waals surface area contributed by atoms with Crippen LogP contribution in [0.3, 0.4) is 0 Å². The van der Waals surface area contributed by atoms with Crippen molar-refractivity contribution in [3.05, 3.63) is 58.1 Å². The molecule has 2 rings (SSSR count). The van der Waals surface area contributed by atoms with Crippen LogP contribution in [0.1, 0.15) is 5.56 Å². The first-order chi connectivity index (χ1) is 11.4. The summed E-state index contributed by atoms with van der Waals surface area (Å²) in [5.74, 6) is 1.90. The Kier molecular flexibility index (Phi) is 7.25. The van der Waals surface area contributed by atoms with Gasteiger partial charge in [-0.3, -0.25) is 0 Å². The molecule has 8 heteroatoms. The molecule has 0 fully saturated rings. The molecule has 0 bridgehead atoms. The lowest BCUT2D eigenvalue weighted by molar-refractivity contribution is 0.414. The van der Waals surface area contributed by atoms with Gasteiger partial charge in [-0.1, -0.05) is 35.3 Å². The van der Waals surface area contributed by atoms with Gasteiger partial charge in [-0.2, -0.15) is 11.8 Å². The lowest BCUT2D eigenvalue weighted by Gasteiger charge is -2.09. The molecule has 0 aliphatic carbocycles. The van der Waals surface area contributed by atoms with Crippen molar-refractivity contribution in [2.24, 2.45) is 0 Å². The fourth-order valence-corrected chi connectivity index (χ4v) is 4.37. The lowest BCUT2D eigenvalue weighted by atomic mass is 10.2. The van der Waals surface area contributed by atoms with Gasteiger partial charge in [0.2, 0.25) is 10.0 Å². The number of methoxy groups -OCH3 is 1. The molecule has 0 atom stereocenters. The first kappa shape index (κ1) is 19.4. The third-order valence-electron chi connectivity index (χ3n) is 3.15. The van der Waals surface area contributed by atoms with Crippen molar-refractivity contribution in [1.29, 1.82) is 0 Å². The molecule has 0 saturated carbocycles. The summed E-state index contributed by atoms with van der Waals surface area (Å²) in [4.78, 5) is 0.121. The highest BCUT2D eigenvalue weighted by Gasteiger charge is 2.15. The molecule has 0 heterocycles. The van der Waals surface area contributed by atoms with E-state index < -0.39 is 10.0 Å². The van der Waals surface area contributed by atoms with E-state index in [0.29, 0.717) is 23.1 Å². The number of sulfonamides is 1. The lowest BCUT2D eigenvalue weighted by Crippen LogP contribution is -2.26. The van der Waals surface area contributed by atoms with Crippen LogP contribution < -0.4 is 9.46 Å². The number of benzene rings is 2. The van der Waals surface area contributed by atoms with Crippen molar-refractivity contribution in [2.45, 2.75) is 10.6 Å². The van der Waals surface area contributed by atoms with E-state index in [4.69, 9.17) is 27.9 Å². The van der Waals surface area contributed by atoms with Crippen LogP contribution in [-0.2, 0) is 15.8 Å².